The summed E-state index contributed by atoms with van der Waals surface area (Å²) in [6.07, 6.45) is 2.02. The SMILES string of the molecule is COCCNC(=O)CNC(C(=O)OC)C1CC1. The lowest BCUT2D eigenvalue weighted by Gasteiger charge is -2.15. The topological polar surface area (TPSA) is 76.7 Å². The summed E-state index contributed by atoms with van der Waals surface area (Å²) >= 11 is 0. The number of hydrogen-bond acceptors (Lipinski definition) is 5. The Morgan fingerprint density at radius 2 is 2.06 bits per heavy atom. The minimum absolute atomic E-state index is 0.125. The van der Waals surface area contributed by atoms with Gasteiger partial charge in [0.2, 0.25) is 5.91 Å². The number of carbonyl (C=O) groups is 2. The number of rotatable bonds is 8. The first-order valence-electron chi connectivity index (χ1n) is 5.76. The Balaban J connectivity index is 2.22. The van der Waals surface area contributed by atoms with Gasteiger partial charge >= 0.3 is 5.97 Å². The number of ether oxygens (including phenoxy) is 2. The first kappa shape index (κ1) is 13.9. The molecule has 17 heavy (non-hydrogen) atoms. The van der Waals surface area contributed by atoms with E-state index >= 15 is 0 Å². The maximum absolute atomic E-state index is 11.4. The van der Waals surface area contributed by atoms with Gasteiger partial charge in [-0.25, -0.2) is 0 Å². The summed E-state index contributed by atoms with van der Waals surface area (Å²) in [5, 5.41) is 5.61. The van der Waals surface area contributed by atoms with Crippen LogP contribution in [-0.4, -0.2) is 51.8 Å². The second kappa shape index (κ2) is 7.24. The van der Waals surface area contributed by atoms with E-state index in [9.17, 15) is 9.59 Å². The van der Waals surface area contributed by atoms with E-state index in [1.807, 2.05) is 0 Å². The largest absolute Gasteiger partial charge is 0.468 e. The van der Waals surface area contributed by atoms with E-state index in [0.717, 1.165) is 12.8 Å². The van der Waals surface area contributed by atoms with Crippen LogP contribution >= 0.6 is 0 Å². The number of amides is 1. The molecule has 1 aliphatic rings. The van der Waals surface area contributed by atoms with Gasteiger partial charge in [-0.3, -0.25) is 14.9 Å². The molecule has 98 valence electrons. The molecule has 0 aromatic rings. The lowest BCUT2D eigenvalue weighted by atomic mass is 10.2. The fraction of sp³-hybridized carbons (Fsp3) is 0.818. The van der Waals surface area contributed by atoms with Crippen LogP contribution in [0, 0.1) is 5.92 Å². The molecule has 1 atom stereocenters. The zero-order chi connectivity index (χ0) is 12.7. The molecule has 0 radical (unpaired) electrons. The molecule has 0 bridgehead atoms. The monoisotopic (exact) mass is 244 g/mol. The fourth-order valence-electron chi connectivity index (χ4n) is 1.56. The van der Waals surface area contributed by atoms with Gasteiger partial charge < -0.3 is 14.8 Å². The molecule has 0 spiro atoms. The third-order valence-electron chi connectivity index (χ3n) is 2.66. The van der Waals surface area contributed by atoms with Crippen LogP contribution < -0.4 is 10.6 Å². The Labute approximate surface area is 101 Å². The van der Waals surface area contributed by atoms with Crippen LogP contribution in [0.1, 0.15) is 12.8 Å². The average Bonchev–Trinajstić information content (AvgIpc) is 3.13. The molecule has 1 fully saturated rings. The van der Waals surface area contributed by atoms with Gasteiger partial charge in [-0.2, -0.15) is 0 Å². The van der Waals surface area contributed by atoms with E-state index in [2.05, 4.69) is 10.6 Å². The van der Waals surface area contributed by atoms with Gasteiger partial charge in [0.05, 0.1) is 20.3 Å². The fourth-order valence-corrected chi connectivity index (χ4v) is 1.56. The first-order chi connectivity index (χ1) is 8.19. The molecule has 6 heteroatoms. The molecule has 2 N–H and O–H groups in total. The Bertz CT molecular complexity index is 266. The molecule has 1 unspecified atom stereocenters. The van der Waals surface area contributed by atoms with Gasteiger partial charge in [-0.05, 0) is 18.8 Å². The molecule has 1 saturated carbocycles. The maximum Gasteiger partial charge on any atom is 0.323 e. The van der Waals surface area contributed by atoms with Gasteiger partial charge in [0.15, 0.2) is 0 Å². The van der Waals surface area contributed by atoms with Crippen molar-refractivity contribution < 1.29 is 19.1 Å². The highest BCUT2D eigenvalue weighted by molar-refractivity contribution is 5.80. The summed E-state index contributed by atoms with van der Waals surface area (Å²) in [6, 6.07) is -0.354. The predicted molar refractivity (Wildman–Crippen MR) is 61.4 cm³/mol. The first-order valence-corrected chi connectivity index (χ1v) is 5.76. The van der Waals surface area contributed by atoms with Crippen molar-refractivity contribution in [3.05, 3.63) is 0 Å². The van der Waals surface area contributed by atoms with Crippen LogP contribution in [0.25, 0.3) is 0 Å². The minimum Gasteiger partial charge on any atom is -0.468 e. The third kappa shape index (κ3) is 5.14. The van der Waals surface area contributed by atoms with Crippen LogP contribution in [0.5, 0.6) is 0 Å². The highest BCUT2D eigenvalue weighted by atomic mass is 16.5. The molecule has 0 saturated heterocycles. The third-order valence-corrected chi connectivity index (χ3v) is 2.66. The normalized spacial score (nSPS) is 16.4. The van der Waals surface area contributed by atoms with Crippen molar-refractivity contribution >= 4 is 11.9 Å². The number of hydrogen-bond donors (Lipinski definition) is 2. The smallest absolute Gasteiger partial charge is 0.323 e. The maximum atomic E-state index is 11.4. The van der Waals surface area contributed by atoms with Crippen LogP contribution in [0.4, 0.5) is 0 Å². The molecular weight excluding hydrogens is 224 g/mol. The summed E-state index contributed by atoms with van der Waals surface area (Å²) in [5.41, 5.74) is 0. The van der Waals surface area contributed by atoms with E-state index in [-0.39, 0.29) is 24.5 Å². The van der Waals surface area contributed by atoms with E-state index in [0.29, 0.717) is 19.1 Å². The molecule has 0 aromatic carbocycles. The van der Waals surface area contributed by atoms with Crippen molar-refractivity contribution in [2.75, 3.05) is 33.9 Å². The molecule has 6 nitrogen and oxygen atoms in total. The van der Waals surface area contributed by atoms with E-state index in [1.165, 1.54) is 7.11 Å². The zero-order valence-corrected chi connectivity index (χ0v) is 10.3. The van der Waals surface area contributed by atoms with E-state index < -0.39 is 0 Å². The molecule has 0 aromatic heterocycles. The van der Waals surface area contributed by atoms with Crippen molar-refractivity contribution in [3.8, 4) is 0 Å². The predicted octanol–water partition coefficient (Wildman–Crippen LogP) is -0.710. The van der Waals surface area contributed by atoms with Crippen LogP contribution in [-0.2, 0) is 19.1 Å². The standard InChI is InChI=1S/C11H20N2O4/c1-16-6-5-12-9(14)7-13-10(8-3-4-8)11(15)17-2/h8,10,13H,3-7H2,1-2H3,(H,12,14). The van der Waals surface area contributed by atoms with Crippen molar-refractivity contribution in [1.82, 2.24) is 10.6 Å². The number of carbonyl (C=O) groups excluding carboxylic acids is 2. The lowest BCUT2D eigenvalue weighted by Crippen LogP contribution is -2.45. The van der Waals surface area contributed by atoms with Crippen molar-refractivity contribution in [2.45, 2.75) is 18.9 Å². The van der Waals surface area contributed by atoms with Crippen molar-refractivity contribution in [1.29, 1.82) is 0 Å². The summed E-state index contributed by atoms with van der Waals surface area (Å²) in [4.78, 5) is 22.8. The second-order valence-electron chi connectivity index (χ2n) is 4.06. The highest BCUT2D eigenvalue weighted by Gasteiger charge is 2.36. The Hall–Kier alpha value is -1.14. The van der Waals surface area contributed by atoms with E-state index in [4.69, 9.17) is 9.47 Å². The van der Waals surface area contributed by atoms with Crippen LogP contribution in [0.2, 0.25) is 0 Å². The second-order valence-corrected chi connectivity index (χ2v) is 4.06. The molecule has 1 aliphatic carbocycles. The van der Waals surface area contributed by atoms with Crippen LogP contribution in [0.3, 0.4) is 0 Å². The van der Waals surface area contributed by atoms with Gasteiger partial charge in [0.1, 0.15) is 6.04 Å². The number of nitrogens with one attached hydrogen (secondary N) is 2. The minimum atomic E-state index is -0.354. The summed E-state index contributed by atoms with van der Waals surface area (Å²) in [6.45, 7) is 1.08. The Morgan fingerprint density at radius 1 is 1.35 bits per heavy atom. The van der Waals surface area contributed by atoms with Gasteiger partial charge in [-0.1, -0.05) is 0 Å². The number of esters is 1. The molecular formula is C11H20N2O4. The summed E-state index contributed by atoms with van der Waals surface area (Å²) in [5.74, 6) is -0.122. The van der Waals surface area contributed by atoms with Gasteiger partial charge in [0, 0.05) is 13.7 Å². The van der Waals surface area contributed by atoms with Gasteiger partial charge in [-0.15, -0.1) is 0 Å². The summed E-state index contributed by atoms with van der Waals surface area (Å²) in [7, 11) is 2.93. The average molecular weight is 244 g/mol. The Morgan fingerprint density at radius 3 is 2.59 bits per heavy atom. The lowest BCUT2D eigenvalue weighted by molar-refractivity contribution is -0.143. The van der Waals surface area contributed by atoms with E-state index in [1.54, 1.807) is 7.11 Å². The molecule has 0 heterocycles. The quantitative estimate of drug-likeness (QED) is 0.436. The summed E-state index contributed by atoms with van der Waals surface area (Å²) < 4.78 is 9.50. The van der Waals surface area contributed by atoms with Crippen molar-refractivity contribution in [3.63, 3.8) is 0 Å². The van der Waals surface area contributed by atoms with Crippen molar-refractivity contribution in [2.24, 2.45) is 5.92 Å². The molecule has 1 rings (SSSR count). The number of methoxy groups -OCH3 is 2. The molecule has 0 aliphatic heterocycles. The highest BCUT2D eigenvalue weighted by Crippen LogP contribution is 2.32. The molecule has 1 amide bonds. The van der Waals surface area contributed by atoms with Crippen LogP contribution in [0.15, 0.2) is 0 Å². The zero-order valence-electron chi connectivity index (χ0n) is 10.3. The van der Waals surface area contributed by atoms with Gasteiger partial charge in [0.25, 0.3) is 0 Å². The Kier molecular flexibility index (Phi) is 5.93.